The maximum Gasteiger partial charge on any atom is 0.230 e. The second kappa shape index (κ2) is 9.70. The van der Waals surface area contributed by atoms with Crippen LogP contribution in [0.15, 0.2) is 71.3 Å². The molecule has 1 aromatic heterocycles. The molecule has 1 heterocycles. The number of hydrogen-bond donors (Lipinski definition) is 1. The van der Waals surface area contributed by atoms with Gasteiger partial charge in [-0.2, -0.15) is 0 Å². The molecule has 1 N–H and O–H groups in total. The number of allylic oxidation sites excluding steroid dienone is 1. The van der Waals surface area contributed by atoms with Gasteiger partial charge in [-0.25, -0.2) is 0 Å². The van der Waals surface area contributed by atoms with Gasteiger partial charge in [-0.3, -0.25) is 4.79 Å². The summed E-state index contributed by atoms with van der Waals surface area (Å²) < 4.78 is 0. The van der Waals surface area contributed by atoms with Crippen LogP contribution in [0.5, 0.6) is 0 Å². The molecule has 0 saturated heterocycles. The van der Waals surface area contributed by atoms with E-state index in [4.69, 9.17) is 0 Å². The summed E-state index contributed by atoms with van der Waals surface area (Å²) in [5, 5.41) is 14.8. The van der Waals surface area contributed by atoms with E-state index in [0.717, 1.165) is 33.5 Å². The first-order valence-corrected chi connectivity index (χ1v) is 11.2. The monoisotopic (exact) mass is 403 g/mol. The number of fused-ring (bicyclic) bond motifs is 1. The van der Waals surface area contributed by atoms with Crippen molar-refractivity contribution in [1.82, 2.24) is 15.5 Å². The van der Waals surface area contributed by atoms with E-state index in [1.807, 2.05) is 48.5 Å². The molecule has 0 radical (unpaired) electrons. The average molecular weight is 404 g/mol. The molecule has 4 rings (SSSR count). The van der Waals surface area contributed by atoms with Gasteiger partial charge >= 0.3 is 0 Å². The Kier molecular flexibility index (Phi) is 6.57. The standard InChI is InChI=1S/C24H25N3OS/c28-22(25-16-15-18-9-3-1-4-10-18)17-29-24-21-14-8-7-13-20(21)23(26-27-24)19-11-5-2-6-12-19/h2,5-9,11-14H,1,3-4,10,15-17H2,(H,25,28). The van der Waals surface area contributed by atoms with Crippen molar-refractivity contribution in [2.45, 2.75) is 37.1 Å². The lowest BCUT2D eigenvalue weighted by Crippen LogP contribution is -2.26. The summed E-state index contributed by atoms with van der Waals surface area (Å²) in [4.78, 5) is 12.3. The molecule has 0 aliphatic heterocycles. The van der Waals surface area contributed by atoms with Crippen molar-refractivity contribution in [3.05, 3.63) is 66.2 Å². The molecule has 5 heteroatoms. The topological polar surface area (TPSA) is 54.9 Å². The van der Waals surface area contributed by atoms with Gasteiger partial charge in [-0.15, -0.1) is 10.2 Å². The van der Waals surface area contributed by atoms with E-state index in [0.29, 0.717) is 12.3 Å². The number of nitrogens with zero attached hydrogens (tertiary/aromatic N) is 2. The predicted molar refractivity (Wildman–Crippen MR) is 120 cm³/mol. The highest BCUT2D eigenvalue weighted by molar-refractivity contribution is 8.00. The maximum absolute atomic E-state index is 12.3. The molecule has 1 aliphatic carbocycles. The van der Waals surface area contributed by atoms with Crippen molar-refractivity contribution >= 4 is 28.4 Å². The molecular weight excluding hydrogens is 378 g/mol. The molecule has 0 spiro atoms. The first-order chi connectivity index (χ1) is 14.3. The highest BCUT2D eigenvalue weighted by Gasteiger charge is 2.12. The van der Waals surface area contributed by atoms with Gasteiger partial charge in [-0.05, 0) is 32.1 Å². The molecule has 0 atom stereocenters. The molecule has 2 aromatic carbocycles. The first kappa shape index (κ1) is 19.6. The fraction of sp³-hybridized carbons (Fsp3) is 0.292. The van der Waals surface area contributed by atoms with Crippen molar-refractivity contribution in [2.75, 3.05) is 12.3 Å². The average Bonchev–Trinajstić information content (AvgIpc) is 2.79. The molecule has 1 aliphatic rings. The smallest absolute Gasteiger partial charge is 0.230 e. The Labute approximate surface area is 175 Å². The van der Waals surface area contributed by atoms with E-state index in [-0.39, 0.29) is 5.91 Å². The molecule has 29 heavy (non-hydrogen) atoms. The van der Waals surface area contributed by atoms with Crippen LogP contribution in [-0.2, 0) is 4.79 Å². The van der Waals surface area contributed by atoms with Crippen LogP contribution in [0.1, 0.15) is 32.1 Å². The summed E-state index contributed by atoms with van der Waals surface area (Å²) >= 11 is 1.45. The second-order valence-electron chi connectivity index (χ2n) is 7.26. The van der Waals surface area contributed by atoms with Crippen LogP contribution >= 0.6 is 11.8 Å². The maximum atomic E-state index is 12.3. The van der Waals surface area contributed by atoms with Gasteiger partial charge < -0.3 is 5.32 Å². The van der Waals surface area contributed by atoms with Crippen molar-refractivity contribution in [3.63, 3.8) is 0 Å². The Morgan fingerprint density at radius 3 is 2.55 bits per heavy atom. The summed E-state index contributed by atoms with van der Waals surface area (Å²) in [6, 6.07) is 18.2. The van der Waals surface area contributed by atoms with Crippen LogP contribution in [0.25, 0.3) is 22.0 Å². The van der Waals surface area contributed by atoms with Gasteiger partial charge in [0.25, 0.3) is 0 Å². The Hall–Kier alpha value is -2.66. The van der Waals surface area contributed by atoms with Gasteiger partial charge in [0.2, 0.25) is 5.91 Å². The highest BCUT2D eigenvalue weighted by atomic mass is 32.2. The van der Waals surface area contributed by atoms with E-state index in [9.17, 15) is 4.79 Å². The van der Waals surface area contributed by atoms with Gasteiger partial charge in [0, 0.05) is 22.9 Å². The van der Waals surface area contributed by atoms with Crippen LogP contribution in [0.3, 0.4) is 0 Å². The van der Waals surface area contributed by atoms with Gasteiger partial charge in [0.15, 0.2) is 0 Å². The molecule has 0 fully saturated rings. The van der Waals surface area contributed by atoms with E-state index in [1.54, 1.807) is 0 Å². The van der Waals surface area contributed by atoms with E-state index in [2.05, 4.69) is 27.7 Å². The third-order valence-corrected chi connectivity index (χ3v) is 6.18. The zero-order valence-corrected chi connectivity index (χ0v) is 17.3. The molecule has 1 amide bonds. The number of carbonyl (C=O) groups is 1. The summed E-state index contributed by atoms with van der Waals surface area (Å²) in [5.74, 6) is 0.395. The minimum atomic E-state index is 0.0458. The third kappa shape index (κ3) is 5.04. The molecule has 0 bridgehead atoms. The molecule has 4 nitrogen and oxygen atoms in total. The van der Waals surface area contributed by atoms with Crippen LogP contribution in [0.2, 0.25) is 0 Å². The number of nitrogens with one attached hydrogen (secondary N) is 1. The van der Waals surface area contributed by atoms with Crippen LogP contribution in [0.4, 0.5) is 0 Å². The molecule has 148 valence electrons. The lowest BCUT2D eigenvalue weighted by Gasteiger charge is -2.13. The number of thioether (sulfide) groups is 1. The molecule has 0 saturated carbocycles. The Morgan fingerprint density at radius 2 is 1.76 bits per heavy atom. The molecule has 3 aromatic rings. The van der Waals surface area contributed by atoms with E-state index >= 15 is 0 Å². The number of hydrogen-bond acceptors (Lipinski definition) is 4. The second-order valence-corrected chi connectivity index (χ2v) is 8.23. The fourth-order valence-corrected chi connectivity index (χ4v) is 4.48. The first-order valence-electron chi connectivity index (χ1n) is 10.2. The summed E-state index contributed by atoms with van der Waals surface area (Å²) in [5.41, 5.74) is 3.40. The largest absolute Gasteiger partial charge is 0.355 e. The zero-order valence-electron chi connectivity index (χ0n) is 16.4. The zero-order chi connectivity index (χ0) is 19.9. The number of aromatic nitrogens is 2. The minimum Gasteiger partial charge on any atom is -0.355 e. The SMILES string of the molecule is O=C(CSc1nnc(-c2ccccc2)c2ccccc12)NCCC1=CCCCC1. The molecular formula is C24H25N3OS. The lowest BCUT2D eigenvalue weighted by atomic mass is 9.97. The van der Waals surface area contributed by atoms with Crippen LogP contribution < -0.4 is 5.32 Å². The highest BCUT2D eigenvalue weighted by Crippen LogP contribution is 2.31. The van der Waals surface area contributed by atoms with Crippen LogP contribution in [0, 0.1) is 0 Å². The number of amides is 1. The van der Waals surface area contributed by atoms with Crippen molar-refractivity contribution in [1.29, 1.82) is 0 Å². The quantitative estimate of drug-likeness (QED) is 0.424. The van der Waals surface area contributed by atoms with Crippen molar-refractivity contribution in [2.24, 2.45) is 0 Å². The van der Waals surface area contributed by atoms with E-state index in [1.165, 1.54) is 43.0 Å². The van der Waals surface area contributed by atoms with Gasteiger partial charge in [0.05, 0.1) is 5.75 Å². The Balaban J connectivity index is 1.41. The van der Waals surface area contributed by atoms with Crippen molar-refractivity contribution < 1.29 is 4.79 Å². The Morgan fingerprint density at radius 1 is 0.966 bits per heavy atom. The fourth-order valence-electron chi connectivity index (χ4n) is 3.67. The third-order valence-electron chi connectivity index (χ3n) is 5.19. The van der Waals surface area contributed by atoms with Gasteiger partial charge in [0.1, 0.15) is 10.7 Å². The van der Waals surface area contributed by atoms with Crippen molar-refractivity contribution in [3.8, 4) is 11.3 Å². The Bertz CT molecular complexity index is 1020. The summed E-state index contributed by atoms with van der Waals surface area (Å²) in [7, 11) is 0. The number of carbonyl (C=O) groups excluding carboxylic acids is 1. The summed E-state index contributed by atoms with van der Waals surface area (Å²) in [6.07, 6.45) is 8.24. The molecule has 0 unspecified atom stereocenters. The van der Waals surface area contributed by atoms with E-state index < -0.39 is 0 Å². The number of rotatable bonds is 7. The lowest BCUT2D eigenvalue weighted by molar-refractivity contribution is -0.118. The number of benzene rings is 2. The predicted octanol–water partition coefficient (Wildman–Crippen LogP) is 5.40. The normalized spacial score (nSPS) is 13.9. The summed E-state index contributed by atoms with van der Waals surface area (Å²) in [6.45, 7) is 0.713. The van der Waals surface area contributed by atoms with Crippen LogP contribution in [-0.4, -0.2) is 28.4 Å². The van der Waals surface area contributed by atoms with Gasteiger partial charge in [-0.1, -0.05) is 78.0 Å². The minimum absolute atomic E-state index is 0.0458.